The fourth-order valence-electron chi connectivity index (χ4n) is 1.33. The molecule has 0 saturated heterocycles. The Labute approximate surface area is 101 Å². The molecular formula is C13H17N3O. The second-order valence-corrected chi connectivity index (χ2v) is 4.29. The standard InChI is InChI=1S/C13H17N3O/c1-9(2)12(15)13(17)16-11-5-3-10(4-6-11)7-8-14/h3-6,9,12H,7,15H2,1-2H3,(H,16,17)/t12-/m1/s1. The minimum atomic E-state index is -0.506. The molecule has 1 aromatic carbocycles. The third-order valence-corrected chi connectivity index (χ3v) is 2.53. The van der Waals surface area contributed by atoms with Crippen molar-refractivity contribution in [3.05, 3.63) is 29.8 Å². The van der Waals surface area contributed by atoms with E-state index in [1.54, 1.807) is 12.1 Å². The van der Waals surface area contributed by atoms with Gasteiger partial charge in [0.25, 0.3) is 0 Å². The Bertz CT molecular complexity index is 417. The molecule has 1 rings (SSSR count). The van der Waals surface area contributed by atoms with Gasteiger partial charge < -0.3 is 11.1 Å². The summed E-state index contributed by atoms with van der Waals surface area (Å²) in [7, 11) is 0. The van der Waals surface area contributed by atoms with Crippen LogP contribution in [0.15, 0.2) is 24.3 Å². The first-order chi connectivity index (χ1) is 8.04. The smallest absolute Gasteiger partial charge is 0.241 e. The van der Waals surface area contributed by atoms with Crippen LogP contribution in [-0.4, -0.2) is 11.9 Å². The Balaban J connectivity index is 2.64. The lowest BCUT2D eigenvalue weighted by atomic mass is 10.0. The molecule has 0 aliphatic carbocycles. The van der Waals surface area contributed by atoms with Crippen LogP contribution < -0.4 is 11.1 Å². The first-order valence-electron chi connectivity index (χ1n) is 5.57. The SMILES string of the molecule is CC(C)[C@@H](N)C(=O)Nc1ccc(CC#N)cc1. The van der Waals surface area contributed by atoms with E-state index in [0.717, 1.165) is 5.56 Å². The number of rotatable bonds is 4. The predicted molar refractivity (Wildman–Crippen MR) is 67.2 cm³/mol. The molecule has 0 radical (unpaired) electrons. The van der Waals surface area contributed by atoms with Crippen molar-refractivity contribution < 1.29 is 4.79 Å². The minimum Gasteiger partial charge on any atom is -0.325 e. The summed E-state index contributed by atoms with van der Waals surface area (Å²) in [5.74, 6) is -0.0825. The first-order valence-corrected chi connectivity index (χ1v) is 5.57. The normalized spacial score (nSPS) is 11.9. The third-order valence-electron chi connectivity index (χ3n) is 2.53. The highest BCUT2D eigenvalue weighted by molar-refractivity contribution is 5.94. The molecular weight excluding hydrogens is 214 g/mol. The van der Waals surface area contributed by atoms with E-state index in [4.69, 9.17) is 11.0 Å². The molecule has 0 aliphatic heterocycles. The summed E-state index contributed by atoms with van der Waals surface area (Å²) >= 11 is 0. The summed E-state index contributed by atoms with van der Waals surface area (Å²) in [6, 6.07) is 8.75. The number of nitrogens with two attached hydrogens (primary N) is 1. The summed E-state index contributed by atoms with van der Waals surface area (Å²) < 4.78 is 0. The van der Waals surface area contributed by atoms with Crippen LogP contribution in [0.3, 0.4) is 0 Å². The molecule has 0 aromatic heterocycles. The van der Waals surface area contributed by atoms with Crippen molar-refractivity contribution in [3.63, 3.8) is 0 Å². The molecule has 1 aromatic rings. The number of hydrogen-bond acceptors (Lipinski definition) is 3. The predicted octanol–water partition coefficient (Wildman–Crippen LogP) is 1.67. The van der Waals surface area contributed by atoms with Crippen molar-refractivity contribution in [1.82, 2.24) is 0 Å². The molecule has 0 aliphatic rings. The number of carbonyl (C=O) groups excluding carboxylic acids is 1. The average molecular weight is 231 g/mol. The Hall–Kier alpha value is -1.86. The zero-order valence-corrected chi connectivity index (χ0v) is 10.1. The molecule has 4 heteroatoms. The van der Waals surface area contributed by atoms with Crippen LogP contribution in [0.4, 0.5) is 5.69 Å². The van der Waals surface area contributed by atoms with E-state index in [1.807, 2.05) is 26.0 Å². The Morgan fingerprint density at radius 2 is 2.00 bits per heavy atom. The van der Waals surface area contributed by atoms with Gasteiger partial charge in [-0.25, -0.2) is 0 Å². The zero-order valence-electron chi connectivity index (χ0n) is 10.1. The lowest BCUT2D eigenvalue weighted by molar-refractivity contribution is -0.118. The maximum atomic E-state index is 11.7. The fraction of sp³-hybridized carbons (Fsp3) is 0.385. The van der Waals surface area contributed by atoms with E-state index < -0.39 is 6.04 Å². The molecule has 0 unspecified atom stereocenters. The maximum absolute atomic E-state index is 11.7. The highest BCUT2D eigenvalue weighted by atomic mass is 16.2. The Morgan fingerprint density at radius 1 is 1.41 bits per heavy atom. The second kappa shape index (κ2) is 6.02. The minimum absolute atomic E-state index is 0.105. The molecule has 0 heterocycles. The average Bonchev–Trinajstić information content (AvgIpc) is 2.30. The van der Waals surface area contributed by atoms with E-state index in [-0.39, 0.29) is 11.8 Å². The number of nitrogens with one attached hydrogen (secondary N) is 1. The van der Waals surface area contributed by atoms with Gasteiger partial charge in [0.15, 0.2) is 0 Å². The van der Waals surface area contributed by atoms with Gasteiger partial charge in [-0.1, -0.05) is 26.0 Å². The first kappa shape index (κ1) is 13.2. The van der Waals surface area contributed by atoms with E-state index in [0.29, 0.717) is 12.1 Å². The highest BCUT2D eigenvalue weighted by Gasteiger charge is 2.16. The van der Waals surface area contributed by atoms with Crippen molar-refractivity contribution >= 4 is 11.6 Å². The van der Waals surface area contributed by atoms with Crippen LogP contribution >= 0.6 is 0 Å². The summed E-state index contributed by atoms with van der Waals surface area (Å²) in [5.41, 5.74) is 7.36. The van der Waals surface area contributed by atoms with E-state index in [2.05, 4.69) is 11.4 Å². The topological polar surface area (TPSA) is 78.9 Å². The number of carbonyl (C=O) groups is 1. The van der Waals surface area contributed by atoms with Crippen LogP contribution in [0.25, 0.3) is 0 Å². The van der Waals surface area contributed by atoms with Crippen LogP contribution in [0.2, 0.25) is 0 Å². The van der Waals surface area contributed by atoms with Gasteiger partial charge in [0.05, 0.1) is 18.5 Å². The lowest BCUT2D eigenvalue weighted by Crippen LogP contribution is -2.39. The number of nitriles is 1. The lowest BCUT2D eigenvalue weighted by Gasteiger charge is -2.15. The zero-order chi connectivity index (χ0) is 12.8. The van der Waals surface area contributed by atoms with Crippen LogP contribution in [0.5, 0.6) is 0 Å². The molecule has 0 fully saturated rings. The summed E-state index contributed by atoms with van der Waals surface area (Å²) in [4.78, 5) is 11.7. The fourth-order valence-corrected chi connectivity index (χ4v) is 1.33. The van der Waals surface area contributed by atoms with Crippen molar-refractivity contribution in [1.29, 1.82) is 5.26 Å². The molecule has 0 bridgehead atoms. The molecule has 0 saturated carbocycles. The summed E-state index contributed by atoms with van der Waals surface area (Å²) in [6.07, 6.45) is 0.375. The van der Waals surface area contributed by atoms with Gasteiger partial charge in [-0.3, -0.25) is 4.79 Å². The molecule has 1 atom stereocenters. The van der Waals surface area contributed by atoms with E-state index in [1.165, 1.54) is 0 Å². The highest BCUT2D eigenvalue weighted by Crippen LogP contribution is 2.11. The van der Waals surface area contributed by atoms with Gasteiger partial charge in [-0.2, -0.15) is 5.26 Å². The number of hydrogen-bond donors (Lipinski definition) is 2. The van der Waals surface area contributed by atoms with Gasteiger partial charge in [0.1, 0.15) is 0 Å². The largest absolute Gasteiger partial charge is 0.325 e. The van der Waals surface area contributed by atoms with E-state index in [9.17, 15) is 4.79 Å². The van der Waals surface area contributed by atoms with Crippen LogP contribution in [-0.2, 0) is 11.2 Å². The van der Waals surface area contributed by atoms with Gasteiger partial charge in [0, 0.05) is 5.69 Å². The van der Waals surface area contributed by atoms with Gasteiger partial charge in [0.2, 0.25) is 5.91 Å². The molecule has 17 heavy (non-hydrogen) atoms. The quantitative estimate of drug-likeness (QED) is 0.827. The number of amides is 1. The monoisotopic (exact) mass is 231 g/mol. The van der Waals surface area contributed by atoms with Gasteiger partial charge in [-0.15, -0.1) is 0 Å². The Morgan fingerprint density at radius 3 is 2.47 bits per heavy atom. The molecule has 90 valence electrons. The maximum Gasteiger partial charge on any atom is 0.241 e. The van der Waals surface area contributed by atoms with Crippen molar-refractivity contribution in [2.75, 3.05) is 5.32 Å². The molecule has 4 nitrogen and oxygen atoms in total. The second-order valence-electron chi connectivity index (χ2n) is 4.29. The number of nitrogens with zero attached hydrogens (tertiary/aromatic N) is 1. The van der Waals surface area contributed by atoms with Gasteiger partial charge in [-0.05, 0) is 23.6 Å². The number of benzene rings is 1. The Kier molecular flexibility index (Phi) is 4.68. The molecule has 0 spiro atoms. The summed E-state index contributed by atoms with van der Waals surface area (Å²) in [6.45, 7) is 3.81. The van der Waals surface area contributed by atoms with Crippen molar-refractivity contribution in [2.24, 2.45) is 11.7 Å². The van der Waals surface area contributed by atoms with Gasteiger partial charge >= 0.3 is 0 Å². The van der Waals surface area contributed by atoms with Crippen molar-refractivity contribution in [2.45, 2.75) is 26.3 Å². The molecule has 1 amide bonds. The van der Waals surface area contributed by atoms with Crippen LogP contribution in [0, 0.1) is 17.2 Å². The summed E-state index contributed by atoms with van der Waals surface area (Å²) in [5, 5.41) is 11.3. The van der Waals surface area contributed by atoms with E-state index >= 15 is 0 Å². The van der Waals surface area contributed by atoms with Crippen molar-refractivity contribution in [3.8, 4) is 6.07 Å². The molecule has 3 N–H and O–H groups in total. The third kappa shape index (κ3) is 3.89. The number of anilines is 1. The van der Waals surface area contributed by atoms with Crippen LogP contribution in [0.1, 0.15) is 19.4 Å².